The molecule has 0 amide bonds. The van der Waals surface area contributed by atoms with E-state index in [0.29, 0.717) is 12.0 Å². The first-order chi connectivity index (χ1) is 20.7. The standard InChI is InChI=1S/C39H73O4P/c1-8-9-10-11-12-13-14-15-16-17-18-19-20-21-22-23-24-25-26-27-28-29-30-36(44(41,42)43)33-31-34(38(2,3)4)37(40)35(32-33)39(5,6)7/h31-32,36,40H,8-30H2,1-7H3,(H2,41,42,43). The molecule has 1 unspecified atom stereocenters. The maximum atomic E-state index is 12.6. The number of phenolic OH excluding ortho intramolecular Hbond substituents is 1. The summed E-state index contributed by atoms with van der Waals surface area (Å²) in [6.45, 7) is 14.5. The van der Waals surface area contributed by atoms with E-state index >= 15 is 0 Å². The van der Waals surface area contributed by atoms with E-state index in [4.69, 9.17) is 0 Å². The highest BCUT2D eigenvalue weighted by molar-refractivity contribution is 7.52. The quantitative estimate of drug-likeness (QED) is 0.0737. The summed E-state index contributed by atoms with van der Waals surface area (Å²) in [6.07, 6.45) is 29.8. The second kappa shape index (κ2) is 21.9. The molecule has 1 rings (SSSR count). The van der Waals surface area contributed by atoms with Gasteiger partial charge in [0, 0.05) is 0 Å². The molecule has 0 bridgehead atoms. The van der Waals surface area contributed by atoms with Gasteiger partial charge in [0.25, 0.3) is 0 Å². The minimum atomic E-state index is -4.34. The summed E-state index contributed by atoms with van der Waals surface area (Å²) in [5, 5.41) is 11.0. The zero-order valence-corrected chi connectivity index (χ0v) is 31.1. The van der Waals surface area contributed by atoms with Gasteiger partial charge in [-0.15, -0.1) is 0 Å². The predicted molar refractivity (Wildman–Crippen MR) is 192 cm³/mol. The molecule has 0 spiro atoms. The summed E-state index contributed by atoms with van der Waals surface area (Å²) in [5.74, 6) is 0.252. The topological polar surface area (TPSA) is 77.8 Å². The van der Waals surface area contributed by atoms with Crippen LogP contribution in [-0.4, -0.2) is 14.9 Å². The van der Waals surface area contributed by atoms with Crippen LogP contribution in [0.5, 0.6) is 5.75 Å². The average molecular weight is 637 g/mol. The second-order valence-corrected chi connectivity index (χ2v) is 17.6. The lowest BCUT2D eigenvalue weighted by Gasteiger charge is -2.30. The molecule has 0 aromatic heterocycles. The number of aromatic hydroxyl groups is 1. The van der Waals surface area contributed by atoms with E-state index in [2.05, 4.69) is 6.92 Å². The Kier molecular flexibility index (Phi) is 20.5. The number of hydrogen-bond acceptors (Lipinski definition) is 2. The van der Waals surface area contributed by atoms with Crippen LogP contribution in [0.15, 0.2) is 12.1 Å². The fourth-order valence-corrected chi connectivity index (χ4v) is 7.52. The Morgan fingerprint density at radius 1 is 0.545 bits per heavy atom. The van der Waals surface area contributed by atoms with E-state index in [-0.39, 0.29) is 16.6 Å². The van der Waals surface area contributed by atoms with Gasteiger partial charge in [0.05, 0.1) is 5.66 Å². The van der Waals surface area contributed by atoms with Crippen LogP contribution in [-0.2, 0) is 15.4 Å². The Morgan fingerprint density at radius 2 is 0.818 bits per heavy atom. The van der Waals surface area contributed by atoms with Crippen molar-refractivity contribution in [2.24, 2.45) is 0 Å². The first-order valence-corrected chi connectivity index (χ1v) is 20.3. The van der Waals surface area contributed by atoms with E-state index in [1.165, 1.54) is 122 Å². The molecule has 0 saturated carbocycles. The Bertz CT molecular complexity index is 886. The highest BCUT2D eigenvalue weighted by Gasteiger charge is 2.34. The zero-order valence-electron chi connectivity index (χ0n) is 30.2. The summed E-state index contributed by atoms with van der Waals surface area (Å²) >= 11 is 0. The molecule has 5 heteroatoms. The van der Waals surface area contributed by atoms with Gasteiger partial charge in [-0.3, -0.25) is 4.57 Å². The van der Waals surface area contributed by atoms with Crippen molar-refractivity contribution in [3.8, 4) is 5.75 Å². The van der Waals surface area contributed by atoms with Crippen molar-refractivity contribution in [2.45, 2.75) is 213 Å². The highest BCUT2D eigenvalue weighted by Crippen LogP contribution is 2.56. The maximum absolute atomic E-state index is 12.6. The fraction of sp³-hybridized carbons (Fsp3) is 0.846. The number of unbranched alkanes of at least 4 members (excludes halogenated alkanes) is 21. The molecule has 4 nitrogen and oxygen atoms in total. The van der Waals surface area contributed by atoms with E-state index < -0.39 is 13.3 Å². The van der Waals surface area contributed by atoms with Crippen LogP contribution >= 0.6 is 7.60 Å². The van der Waals surface area contributed by atoms with E-state index in [0.717, 1.165) is 30.4 Å². The van der Waals surface area contributed by atoms with Crippen molar-refractivity contribution in [2.75, 3.05) is 0 Å². The molecule has 1 aromatic carbocycles. The number of phenols is 1. The number of rotatable bonds is 25. The molecule has 0 fully saturated rings. The molecule has 1 aromatic rings. The zero-order chi connectivity index (χ0) is 33.1. The summed E-state index contributed by atoms with van der Waals surface area (Å²) in [7, 11) is -4.34. The lowest BCUT2D eigenvalue weighted by Crippen LogP contribution is -2.18. The summed E-state index contributed by atoms with van der Waals surface area (Å²) in [5.41, 5.74) is 0.697. The third-order valence-electron chi connectivity index (χ3n) is 9.37. The minimum absolute atomic E-state index is 0.252. The second-order valence-electron chi connectivity index (χ2n) is 15.8. The Balaban J connectivity index is 2.22. The Morgan fingerprint density at radius 3 is 1.07 bits per heavy atom. The summed E-state index contributed by atoms with van der Waals surface area (Å²) < 4.78 is 12.6. The van der Waals surface area contributed by atoms with Gasteiger partial charge in [0.1, 0.15) is 5.75 Å². The van der Waals surface area contributed by atoms with E-state index in [1.807, 2.05) is 53.7 Å². The minimum Gasteiger partial charge on any atom is -0.507 e. The molecular formula is C39H73O4P. The van der Waals surface area contributed by atoms with Gasteiger partial charge in [-0.25, -0.2) is 0 Å². The third-order valence-corrected chi connectivity index (χ3v) is 10.7. The van der Waals surface area contributed by atoms with Crippen LogP contribution in [0.1, 0.15) is 218 Å². The van der Waals surface area contributed by atoms with Crippen molar-refractivity contribution < 1.29 is 19.5 Å². The molecule has 44 heavy (non-hydrogen) atoms. The van der Waals surface area contributed by atoms with Gasteiger partial charge in [0.15, 0.2) is 0 Å². The predicted octanol–water partition coefficient (Wildman–Crippen LogP) is 13.2. The van der Waals surface area contributed by atoms with Crippen LogP contribution in [0.25, 0.3) is 0 Å². The van der Waals surface area contributed by atoms with Gasteiger partial charge in [-0.2, -0.15) is 0 Å². The van der Waals surface area contributed by atoms with Gasteiger partial charge in [0.2, 0.25) is 0 Å². The molecule has 0 heterocycles. The fourth-order valence-electron chi connectivity index (χ4n) is 6.47. The third kappa shape index (κ3) is 17.8. The molecule has 0 radical (unpaired) electrons. The average Bonchev–Trinajstić information content (AvgIpc) is 2.92. The first-order valence-electron chi connectivity index (χ1n) is 18.6. The van der Waals surface area contributed by atoms with Crippen molar-refractivity contribution in [1.29, 1.82) is 0 Å². The first kappa shape index (κ1) is 41.2. The summed E-state index contributed by atoms with van der Waals surface area (Å²) in [6, 6.07) is 3.68. The van der Waals surface area contributed by atoms with Crippen LogP contribution in [0, 0.1) is 0 Å². The van der Waals surface area contributed by atoms with Crippen molar-refractivity contribution >= 4 is 7.60 Å². The highest BCUT2D eigenvalue weighted by atomic mass is 31.2. The monoisotopic (exact) mass is 637 g/mol. The van der Waals surface area contributed by atoms with Crippen LogP contribution in [0.2, 0.25) is 0 Å². The Hall–Kier alpha value is -0.830. The van der Waals surface area contributed by atoms with Crippen molar-refractivity contribution in [3.05, 3.63) is 28.8 Å². The SMILES string of the molecule is CCCCCCCCCCCCCCCCCCCCCCCCC(c1cc(C(C)(C)C)c(O)c(C(C)(C)C)c1)P(=O)(O)O. The lowest BCUT2D eigenvalue weighted by molar-refractivity contribution is 0.352. The smallest absolute Gasteiger partial charge is 0.332 e. The summed E-state index contributed by atoms with van der Waals surface area (Å²) in [4.78, 5) is 20.6. The van der Waals surface area contributed by atoms with Gasteiger partial charge in [-0.1, -0.05) is 202 Å². The van der Waals surface area contributed by atoms with Gasteiger partial charge >= 0.3 is 7.60 Å². The molecule has 0 aliphatic heterocycles. The molecular weight excluding hydrogens is 563 g/mol. The maximum Gasteiger partial charge on any atom is 0.332 e. The van der Waals surface area contributed by atoms with Gasteiger partial charge in [-0.05, 0) is 33.9 Å². The molecule has 1 atom stereocenters. The van der Waals surface area contributed by atoms with Crippen LogP contribution in [0.4, 0.5) is 0 Å². The Labute approximate surface area is 273 Å². The molecule has 3 N–H and O–H groups in total. The number of benzene rings is 1. The van der Waals surface area contributed by atoms with Crippen LogP contribution in [0.3, 0.4) is 0 Å². The molecule has 0 aliphatic carbocycles. The molecule has 0 saturated heterocycles. The molecule has 0 aliphatic rings. The van der Waals surface area contributed by atoms with Crippen molar-refractivity contribution in [3.63, 3.8) is 0 Å². The van der Waals surface area contributed by atoms with Crippen molar-refractivity contribution in [1.82, 2.24) is 0 Å². The van der Waals surface area contributed by atoms with Gasteiger partial charge < -0.3 is 14.9 Å². The normalized spacial score (nSPS) is 13.5. The molecule has 258 valence electrons. The largest absolute Gasteiger partial charge is 0.507 e. The van der Waals surface area contributed by atoms with Crippen LogP contribution < -0.4 is 0 Å². The lowest BCUT2D eigenvalue weighted by atomic mass is 9.78. The van der Waals surface area contributed by atoms with E-state index in [1.54, 1.807) is 0 Å². The van der Waals surface area contributed by atoms with E-state index in [9.17, 15) is 19.5 Å². The number of hydrogen-bond donors (Lipinski definition) is 3.